The molecule has 1 rings (SSSR count). The summed E-state index contributed by atoms with van der Waals surface area (Å²) in [5.41, 5.74) is 6.13. The first-order chi connectivity index (χ1) is 6.63. The van der Waals surface area contributed by atoms with Crippen LogP contribution in [-0.2, 0) is 11.2 Å². The van der Waals surface area contributed by atoms with E-state index in [1.807, 2.05) is 0 Å². The van der Waals surface area contributed by atoms with Gasteiger partial charge in [0.25, 0.3) is 0 Å². The number of carbonyl (C=O) groups excluding carboxylic acids is 1. The van der Waals surface area contributed by atoms with Gasteiger partial charge in [0.15, 0.2) is 5.13 Å². The summed E-state index contributed by atoms with van der Waals surface area (Å²) in [4.78, 5) is 16.9. The zero-order chi connectivity index (χ0) is 10.6. The highest BCUT2D eigenvalue weighted by atomic mass is 32.1. The third kappa shape index (κ3) is 2.75. The highest BCUT2D eigenvalue weighted by Crippen LogP contribution is 2.11. The third-order valence-electron chi connectivity index (χ3n) is 1.66. The van der Waals surface area contributed by atoms with E-state index in [2.05, 4.69) is 10.9 Å². The molecule has 0 bridgehead atoms. The van der Waals surface area contributed by atoms with Crippen molar-refractivity contribution in [3.05, 3.63) is 11.1 Å². The third-order valence-corrected chi connectivity index (χ3v) is 2.38. The van der Waals surface area contributed by atoms with Crippen LogP contribution in [0.5, 0.6) is 0 Å². The van der Waals surface area contributed by atoms with Crippen LogP contribution in [-0.4, -0.2) is 29.4 Å². The quantitative estimate of drug-likeness (QED) is 0.731. The van der Waals surface area contributed by atoms with Gasteiger partial charge in [-0.15, -0.1) is 17.8 Å². The van der Waals surface area contributed by atoms with Gasteiger partial charge in [-0.3, -0.25) is 4.79 Å². The summed E-state index contributed by atoms with van der Waals surface area (Å²) < 4.78 is 0. The van der Waals surface area contributed by atoms with Crippen molar-refractivity contribution in [2.45, 2.75) is 6.42 Å². The van der Waals surface area contributed by atoms with Gasteiger partial charge >= 0.3 is 0 Å². The number of terminal acetylenes is 1. The first-order valence-corrected chi connectivity index (χ1v) is 4.88. The van der Waals surface area contributed by atoms with Crippen LogP contribution in [0.1, 0.15) is 5.69 Å². The van der Waals surface area contributed by atoms with Crippen LogP contribution < -0.4 is 5.73 Å². The van der Waals surface area contributed by atoms with Gasteiger partial charge in [-0.05, 0) is 0 Å². The van der Waals surface area contributed by atoms with Crippen molar-refractivity contribution < 1.29 is 4.79 Å². The van der Waals surface area contributed by atoms with Crippen LogP contribution in [0.3, 0.4) is 0 Å². The van der Waals surface area contributed by atoms with Crippen LogP contribution in [0.25, 0.3) is 0 Å². The Morgan fingerprint density at radius 2 is 2.57 bits per heavy atom. The summed E-state index contributed by atoms with van der Waals surface area (Å²) in [6, 6.07) is 0. The second-order valence-electron chi connectivity index (χ2n) is 2.81. The van der Waals surface area contributed by atoms with E-state index in [0.717, 1.165) is 0 Å². The summed E-state index contributed by atoms with van der Waals surface area (Å²) in [6.07, 6.45) is 5.34. The molecule has 0 atom stereocenters. The summed E-state index contributed by atoms with van der Waals surface area (Å²) in [5, 5.41) is 2.25. The molecule has 1 aromatic rings. The molecule has 1 aromatic heterocycles. The maximum absolute atomic E-state index is 11.5. The van der Waals surface area contributed by atoms with E-state index < -0.39 is 0 Å². The molecule has 0 aliphatic rings. The Morgan fingerprint density at radius 3 is 3.07 bits per heavy atom. The van der Waals surface area contributed by atoms with Gasteiger partial charge in [-0.1, -0.05) is 5.92 Å². The minimum Gasteiger partial charge on any atom is -0.375 e. The summed E-state index contributed by atoms with van der Waals surface area (Å²) in [5.74, 6) is 2.35. The molecule has 0 unspecified atom stereocenters. The molecule has 4 nitrogen and oxygen atoms in total. The molecular weight excluding hydrogens is 198 g/mol. The Labute approximate surface area is 86.7 Å². The number of nitrogen functional groups attached to an aromatic ring is 1. The molecule has 0 spiro atoms. The molecule has 0 fully saturated rings. The average molecular weight is 209 g/mol. The van der Waals surface area contributed by atoms with Gasteiger partial charge in [0.2, 0.25) is 5.91 Å². The van der Waals surface area contributed by atoms with Gasteiger partial charge in [0.05, 0.1) is 18.7 Å². The minimum atomic E-state index is -0.0479. The number of nitrogens with two attached hydrogens (primary N) is 1. The van der Waals surface area contributed by atoms with Crippen molar-refractivity contribution in [3.63, 3.8) is 0 Å². The summed E-state index contributed by atoms with van der Waals surface area (Å²) in [7, 11) is 1.66. The Bertz CT molecular complexity index is 366. The number of anilines is 1. The molecule has 0 radical (unpaired) electrons. The summed E-state index contributed by atoms with van der Waals surface area (Å²) in [6.45, 7) is 0.318. The smallest absolute Gasteiger partial charge is 0.229 e. The zero-order valence-corrected chi connectivity index (χ0v) is 8.67. The molecule has 0 saturated carbocycles. The molecule has 14 heavy (non-hydrogen) atoms. The fraction of sp³-hybridized carbons (Fsp3) is 0.333. The predicted octanol–water partition coefficient (Wildman–Crippen LogP) is 0.359. The molecule has 74 valence electrons. The minimum absolute atomic E-state index is 0.0479. The number of rotatable bonds is 3. The van der Waals surface area contributed by atoms with Crippen LogP contribution >= 0.6 is 11.3 Å². The molecule has 0 aliphatic heterocycles. The highest BCUT2D eigenvalue weighted by molar-refractivity contribution is 7.13. The Kier molecular flexibility index (Phi) is 3.48. The number of hydrogen-bond acceptors (Lipinski definition) is 4. The number of hydrogen-bond donors (Lipinski definition) is 1. The van der Waals surface area contributed by atoms with Crippen LogP contribution in [0.15, 0.2) is 5.38 Å². The van der Waals surface area contributed by atoms with E-state index in [9.17, 15) is 4.79 Å². The molecule has 2 N–H and O–H groups in total. The normalized spacial score (nSPS) is 9.43. The second-order valence-corrected chi connectivity index (χ2v) is 3.70. The van der Waals surface area contributed by atoms with E-state index >= 15 is 0 Å². The predicted molar refractivity (Wildman–Crippen MR) is 56.7 cm³/mol. The maximum Gasteiger partial charge on any atom is 0.229 e. The Morgan fingerprint density at radius 1 is 1.86 bits per heavy atom. The van der Waals surface area contributed by atoms with Crippen molar-refractivity contribution in [2.24, 2.45) is 0 Å². The monoisotopic (exact) mass is 209 g/mol. The molecule has 0 aliphatic carbocycles. The van der Waals surface area contributed by atoms with E-state index in [1.165, 1.54) is 16.2 Å². The number of thiazole rings is 1. The SMILES string of the molecule is C#CCN(C)C(=O)Cc1csc(N)n1. The standard InChI is InChI=1S/C9H11N3OS/c1-3-4-12(2)8(13)5-7-6-14-9(10)11-7/h1,6H,4-5H2,2H3,(H2,10,11). The summed E-state index contributed by atoms with van der Waals surface area (Å²) >= 11 is 1.33. The molecule has 0 saturated heterocycles. The second kappa shape index (κ2) is 4.63. The lowest BCUT2D eigenvalue weighted by atomic mass is 10.3. The lowest BCUT2D eigenvalue weighted by Crippen LogP contribution is -2.28. The van der Waals surface area contributed by atoms with Crippen LogP contribution in [0.4, 0.5) is 5.13 Å². The maximum atomic E-state index is 11.5. The van der Waals surface area contributed by atoms with E-state index in [1.54, 1.807) is 12.4 Å². The molecule has 1 heterocycles. The molecule has 1 amide bonds. The van der Waals surface area contributed by atoms with E-state index in [0.29, 0.717) is 17.4 Å². The van der Waals surface area contributed by atoms with Crippen LogP contribution in [0, 0.1) is 12.3 Å². The first-order valence-electron chi connectivity index (χ1n) is 4.00. The van der Waals surface area contributed by atoms with Gasteiger partial charge < -0.3 is 10.6 Å². The van der Waals surface area contributed by atoms with Crippen molar-refractivity contribution in [1.29, 1.82) is 0 Å². The van der Waals surface area contributed by atoms with E-state index in [-0.39, 0.29) is 12.3 Å². The van der Waals surface area contributed by atoms with Crippen LogP contribution in [0.2, 0.25) is 0 Å². The first kappa shape index (κ1) is 10.5. The van der Waals surface area contributed by atoms with Gasteiger partial charge in [-0.2, -0.15) is 0 Å². The van der Waals surface area contributed by atoms with Gasteiger partial charge in [0.1, 0.15) is 0 Å². The van der Waals surface area contributed by atoms with Gasteiger partial charge in [0, 0.05) is 12.4 Å². The Balaban J connectivity index is 2.53. The number of amides is 1. The number of likely N-dealkylation sites (N-methyl/N-ethyl adjacent to an activating group) is 1. The van der Waals surface area contributed by atoms with Crippen molar-refractivity contribution in [3.8, 4) is 12.3 Å². The lowest BCUT2D eigenvalue weighted by Gasteiger charge is -2.12. The zero-order valence-electron chi connectivity index (χ0n) is 7.86. The fourth-order valence-corrected chi connectivity index (χ4v) is 1.48. The van der Waals surface area contributed by atoms with Gasteiger partial charge in [-0.25, -0.2) is 4.98 Å². The largest absolute Gasteiger partial charge is 0.375 e. The number of aromatic nitrogens is 1. The Hall–Kier alpha value is -1.54. The van der Waals surface area contributed by atoms with Crippen molar-refractivity contribution in [1.82, 2.24) is 9.88 Å². The van der Waals surface area contributed by atoms with E-state index in [4.69, 9.17) is 12.2 Å². The number of carbonyl (C=O) groups is 1. The highest BCUT2D eigenvalue weighted by Gasteiger charge is 2.10. The lowest BCUT2D eigenvalue weighted by molar-refractivity contribution is -0.128. The fourth-order valence-electron chi connectivity index (χ4n) is 0.919. The molecule has 0 aromatic carbocycles. The number of nitrogens with zero attached hydrogens (tertiary/aromatic N) is 2. The van der Waals surface area contributed by atoms with Crippen molar-refractivity contribution in [2.75, 3.05) is 19.3 Å². The average Bonchev–Trinajstić information content (AvgIpc) is 2.51. The van der Waals surface area contributed by atoms with Crippen molar-refractivity contribution >= 4 is 22.4 Å². The topological polar surface area (TPSA) is 59.2 Å². The molecular formula is C9H11N3OS. The molecule has 5 heteroatoms.